The van der Waals surface area contributed by atoms with Crippen LogP contribution in [0.15, 0.2) is 36.7 Å². The molecule has 1 aliphatic rings. The largest absolute Gasteiger partial charge is 0.294 e. The van der Waals surface area contributed by atoms with Gasteiger partial charge >= 0.3 is 0 Å². The van der Waals surface area contributed by atoms with Crippen LogP contribution in [0, 0.1) is 11.3 Å². The Morgan fingerprint density at radius 3 is 2.83 bits per heavy atom. The highest BCUT2D eigenvalue weighted by Crippen LogP contribution is 2.32. The molecule has 86 valence electrons. The van der Waals surface area contributed by atoms with Crippen LogP contribution in [0.4, 0.5) is 0 Å². The minimum atomic E-state index is 0.205. The first kappa shape index (κ1) is 10.7. The van der Waals surface area contributed by atoms with Crippen molar-refractivity contribution in [1.29, 1.82) is 5.26 Å². The number of Topliss-reactive ketones (excluding diaryl/α,β-unsaturated/α-hetero) is 1. The summed E-state index contributed by atoms with van der Waals surface area (Å²) in [6.45, 7) is 0. The minimum Gasteiger partial charge on any atom is -0.294 e. The van der Waals surface area contributed by atoms with E-state index in [0.717, 1.165) is 28.7 Å². The highest BCUT2D eigenvalue weighted by Gasteiger charge is 2.22. The Balaban J connectivity index is 2.19. The van der Waals surface area contributed by atoms with Crippen LogP contribution >= 0.6 is 0 Å². The molecule has 3 heteroatoms. The van der Waals surface area contributed by atoms with Crippen molar-refractivity contribution in [2.45, 2.75) is 12.8 Å². The first-order valence-electron chi connectivity index (χ1n) is 5.80. The van der Waals surface area contributed by atoms with Crippen LogP contribution in [0.5, 0.6) is 0 Å². The summed E-state index contributed by atoms with van der Waals surface area (Å²) < 4.78 is 0. The van der Waals surface area contributed by atoms with Gasteiger partial charge < -0.3 is 0 Å². The van der Waals surface area contributed by atoms with Gasteiger partial charge in [0.25, 0.3) is 0 Å². The number of pyridine rings is 1. The fraction of sp³-hybridized carbons (Fsp3) is 0.133. The van der Waals surface area contributed by atoms with Gasteiger partial charge in [-0.2, -0.15) is 5.26 Å². The molecule has 0 atom stereocenters. The normalized spacial score (nSPS) is 13.2. The lowest BCUT2D eigenvalue weighted by atomic mass is 9.97. The van der Waals surface area contributed by atoms with E-state index in [1.807, 2.05) is 24.3 Å². The maximum absolute atomic E-state index is 11.7. The molecule has 3 rings (SSSR count). The van der Waals surface area contributed by atoms with Crippen molar-refractivity contribution in [3.63, 3.8) is 0 Å². The maximum atomic E-state index is 11.7. The summed E-state index contributed by atoms with van der Waals surface area (Å²) in [6.07, 6.45) is 4.63. The number of ketones is 1. The lowest BCUT2D eigenvalue weighted by Crippen LogP contribution is -1.93. The van der Waals surface area contributed by atoms with Gasteiger partial charge in [-0.25, -0.2) is 0 Å². The Kier molecular flexibility index (Phi) is 2.42. The van der Waals surface area contributed by atoms with Crippen LogP contribution in [0.25, 0.3) is 11.1 Å². The number of aromatic nitrogens is 1. The average molecular weight is 234 g/mol. The molecule has 1 heterocycles. The van der Waals surface area contributed by atoms with E-state index < -0.39 is 0 Å². The Morgan fingerprint density at radius 1 is 1.17 bits per heavy atom. The zero-order chi connectivity index (χ0) is 12.5. The lowest BCUT2D eigenvalue weighted by molar-refractivity contribution is 0.0994. The van der Waals surface area contributed by atoms with Crippen molar-refractivity contribution in [2.24, 2.45) is 0 Å². The second-order valence-corrected chi connectivity index (χ2v) is 4.33. The molecule has 0 radical (unpaired) electrons. The van der Waals surface area contributed by atoms with E-state index in [2.05, 4.69) is 11.1 Å². The number of nitrogens with zero attached hydrogens (tertiary/aromatic N) is 2. The Hall–Kier alpha value is -2.47. The summed E-state index contributed by atoms with van der Waals surface area (Å²) in [5, 5.41) is 8.90. The number of hydrogen-bond acceptors (Lipinski definition) is 3. The van der Waals surface area contributed by atoms with Crippen LogP contribution in [0.2, 0.25) is 0 Å². The van der Waals surface area contributed by atoms with Crippen LogP contribution < -0.4 is 0 Å². The molecular weight excluding hydrogens is 224 g/mol. The SMILES string of the molecule is N#Cc1cncc(-c2cccc3c2CCC3=O)c1. The zero-order valence-corrected chi connectivity index (χ0v) is 9.68. The van der Waals surface area contributed by atoms with Gasteiger partial charge in [0.15, 0.2) is 5.78 Å². The van der Waals surface area contributed by atoms with E-state index in [0.29, 0.717) is 12.0 Å². The Labute approximate surface area is 105 Å². The predicted molar refractivity (Wildman–Crippen MR) is 67.0 cm³/mol. The van der Waals surface area contributed by atoms with Crippen LogP contribution in [-0.2, 0) is 6.42 Å². The molecule has 0 bridgehead atoms. The summed E-state index contributed by atoms with van der Waals surface area (Å²) in [5.74, 6) is 0.205. The molecule has 0 saturated heterocycles. The van der Waals surface area contributed by atoms with Crippen molar-refractivity contribution in [3.8, 4) is 17.2 Å². The van der Waals surface area contributed by atoms with Gasteiger partial charge in [0.05, 0.1) is 5.56 Å². The zero-order valence-electron chi connectivity index (χ0n) is 9.68. The molecule has 0 spiro atoms. The molecule has 0 saturated carbocycles. The Bertz CT molecular complexity index is 683. The van der Waals surface area contributed by atoms with Crippen molar-refractivity contribution >= 4 is 5.78 Å². The summed E-state index contributed by atoms with van der Waals surface area (Å²) in [6, 6.07) is 9.63. The van der Waals surface area contributed by atoms with Crippen molar-refractivity contribution in [1.82, 2.24) is 4.98 Å². The number of benzene rings is 1. The molecule has 0 N–H and O–H groups in total. The third kappa shape index (κ3) is 1.59. The van der Waals surface area contributed by atoms with E-state index in [9.17, 15) is 4.79 Å². The van der Waals surface area contributed by atoms with E-state index >= 15 is 0 Å². The molecule has 0 unspecified atom stereocenters. The standard InChI is InChI=1S/C15H10N2O/c16-7-10-6-11(9-17-8-10)12-2-1-3-14-13(12)4-5-15(14)18/h1-3,6,8-9H,4-5H2. The summed E-state index contributed by atoms with van der Waals surface area (Å²) in [5.41, 5.74) is 4.35. The number of rotatable bonds is 1. The summed E-state index contributed by atoms with van der Waals surface area (Å²) in [4.78, 5) is 15.8. The third-order valence-electron chi connectivity index (χ3n) is 3.26. The molecule has 0 fully saturated rings. The minimum absolute atomic E-state index is 0.205. The van der Waals surface area contributed by atoms with Crippen LogP contribution in [0.3, 0.4) is 0 Å². The van der Waals surface area contributed by atoms with Gasteiger partial charge in [0.2, 0.25) is 0 Å². The van der Waals surface area contributed by atoms with E-state index in [1.54, 1.807) is 6.20 Å². The Morgan fingerprint density at radius 2 is 2.00 bits per heavy atom. The predicted octanol–water partition coefficient (Wildman–Crippen LogP) is 2.75. The number of carbonyl (C=O) groups excluding carboxylic acids is 1. The quantitative estimate of drug-likeness (QED) is 0.762. The molecule has 1 aromatic heterocycles. The number of carbonyl (C=O) groups is 1. The molecular formula is C15H10N2O. The van der Waals surface area contributed by atoms with E-state index in [-0.39, 0.29) is 5.78 Å². The number of fused-ring (bicyclic) bond motifs is 1. The molecule has 18 heavy (non-hydrogen) atoms. The second kappa shape index (κ2) is 4.08. The molecule has 3 nitrogen and oxygen atoms in total. The van der Waals surface area contributed by atoms with Gasteiger partial charge in [-0.3, -0.25) is 9.78 Å². The monoisotopic (exact) mass is 234 g/mol. The smallest absolute Gasteiger partial charge is 0.163 e. The van der Waals surface area contributed by atoms with Crippen LogP contribution in [-0.4, -0.2) is 10.8 Å². The lowest BCUT2D eigenvalue weighted by Gasteiger charge is -2.07. The van der Waals surface area contributed by atoms with E-state index in [4.69, 9.17) is 5.26 Å². The van der Waals surface area contributed by atoms with Crippen molar-refractivity contribution in [3.05, 3.63) is 53.3 Å². The van der Waals surface area contributed by atoms with Gasteiger partial charge in [0.1, 0.15) is 6.07 Å². The van der Waals surface area contributed by atoms with Gasteiger partial charge in [-0.05, 0) is 23.6 Å². The summed E-state index contributed by atoms with van der Waals surface area (Å²) in [7, 11) is 0. The number of hydrogen-bond donors (Lipinski definition) is 0. The maximum Gasteiger partial charge on any atom is 0.163 e. The average Bonchev–Trinajstić information content (AvgIpc) is 2.81. The molecule has 0 amide bonds. The fourth-order valence-electron chi connectivity index (χ4n) is 2.41. The molecule has 2 aromatic rings. The topological polar surface area (TPSA) is 53.8 Å². The van der Waals surface area contributed by atoms with Crippen LogP contribution in [0.1, 0.15) is 27.9 Å². The first-order valence-corrected chi connectivity index (χ1v) is 5.80. The number of nitriles is 1. The third-order valence-corrected chi connectivity index (χ3v) is 3.26. The molecule has 0 aliphatic heterocycles. The molecule has 1 aliphatic carbocycles. The van der Waals surface area contributed by atoms with Gasteiger partial charge in [-0.15, -0.1) is 0 Å². The second-order valence-electron chi connectivity index (χ2n) is 4.33. The van der Waals surface area contributed by atoms with Gasteiger partial charge in [0, 0.05) is 29.9 Å². The van der Waals surface area contributed by atoms with Crippen molar-refractivity contribution in [2.75, 3.05) is 0 Å². The summed E-state index contributed by atoms with van der Waals surface area (Å²) >= 11 is 0. The van der Waals surface area contributed by atoms with Gasteiger partial charge in [-0.1, -0.05) is 18.2 Å². The highest BCUT2D eigenvalue weighted by atomic mass is 16.1. The van der Waals surface area contributed by atoms with E-state index in [1.165, 1.54) is 6.20 Å². The first-order chi connectivity index (χ1) is 8.79. The fourth-order valence-corrected chi connectivity index (χ4v) is 2.41. The van der Waals surface area contributed by atoms with Crippen molar-refractivity contribution < 1.29 is 4.79 Å². The highest BCUT2D eigenvalue weighted by molar-refractivity contribution is 6.02. The molecule has 1 aromatic carbocycles.